The molecule has 3 heterocycles. The summed E-state index contributed by atoms with van der Waals surface area (Å²) in [7, 11) is 0. The van der Waals surface area contributed by atoms with Gasteiger partial charge < -0.3 is 9.64 Å². The highest BCUT2D eigenvalue weighted by molar-refractivity contribution is 9.10. The van der Waals surface area contributed by atoms with Gasteiger partial charge in [0.15, 0.2) is 4.73 Å². The molecule has 1 aliphatic heterocycles. The molecule has 27 heavy (non-hydrogen) atoms. The molecular formula is C18H24BrN5O3. The maximum Gasteiger partial charge on any atom is 0.410 e. The summed E-state index contributed by atoms with van der Waals surface area (Å²) in [5, 5.41) is 2.91. The van der Waals surface area contributed by atoms with Gasteiger partial charge in [-0.1, -0.05) is 0 Å². The van der Waals surface area contributed by atoms with Crippen molar-refractivity contribution < 1.29 is 9.53 Å². The van der Waals surface area contributed by atoms with Crippen LogP contribution >= 0.6 is 15.9 Å². The summed E-state index contributed by atoms with van der Waals surface area (Å²) < 4.78 is 7.43. The molecule has 1 spiro atoms. The molecule has 0 saturated carbocycles. The second kappa shape index (κ2) is 6.05. The van der Waals surface area contributed by atoms with Crippen LogP contribution in [0.2, 0.25) is 0 Å². The molecule has 2 aliphatic rings. The van der Waals surface area contributed by atoms with Gasteiger partial charge in [-0.15, -0.1) is 0 Å². The normalized spacial score (nSPS) is 25.2. The lowest BCUT2D eigenvalue weighted by molar-refractivity contribution is 0.00401. The Labute approximate surface area is 165 Å². The van der Waals surface area contributed by atoms with Crippen LogP contribution < -0.4 is 5.56 Å². The predicted octanol–water partition coefficient (Wildman–Crippen LogP) is 2.78. The Morgan fingerprint density at radius 3 is 2.74 bits per heavy atom. The van der Waals surface area contributed by atoms with Gasteiger partial charge in [-0.3, -0.25) is 9.89 Å². The molecule has 0 bridgehead atoms. The van der Waals surface area contributed by atoms with Gasteiger partial charge in [0.25, 0.3) is 11.3 Å². The highest BCUT2D eigenvalue weighted by atomic mass is 79.9. The molecule has 1 fully saturated rings. The quantitative estimate of drug-likeness (QED) is 0.683. The molecule has 2 aromatic rings. The zero-order chi connectivity index (χ0) is 19.6. The second-order valence-corrected chi connectivity index (χ2v) is 9.40. The number of likely N-dealkylation sites (tertiary alicyclic amines) is 1. The lowest BCUT2D eigenvalue weighted by Gasteiger charge is -2.44. The molecule has 2 aromatic heterocycles. The van der Waals surface area contributed by atoms with Crippen molar-refractivity contribution in [2.24, 2.45) is 0 Å². The third-order valence-electron chi connectivity index (χ3n) is 5.59. The van der Waals surface area contributed by atoms with E-state index in [1.807, 2.05) is 27.7 Å². The smallest absolute Gasteiger partial charge is 0.410 e. The van der Waals surface area contributed by atoms with Gasteiger partial charge in [0.05, 0.1) is 5.69 Å². The average Bonchev–Trinajstić information content (AvgIpc) is 3.07. The van der Waals surface area contributed by atoms with E-state index in [9.17, 15) is 9.59 Å². The van der Waals surface area contributed by atoms with E-state index in [4.69, 9.17) is 4.74 Å². The minimum absolute atomic E-state index is 0.00634. The van der Waals surface area contributed by atoms with Crippen molar-refractivity contribution in [3.8, 4) is 0 Å². The number of ether oxygens (including phenoxy) is 1. The van der Waals surface area contributed by atoms with Gasteiger partial charge in [0.1, 0.15) is 5.60 Å². The molecule has 1 saturated heterocycles. The zero-order valence-electron chi connectivity index (χ0n) is 16.0. The molecule has 0 radical (unpaired) electrons. The number of aromatic amines is 1. The number of hydrogen-bond donors (Lipinski definition) is 1. The molecule has 1 amide bonds. The number of rotatable bonds is 0. The standard InChI is InChI=1S/C18H24BrN5O3/c1-10-9-18(7-8-23(10)16(26)27-17(2,3)4)6-5-11-12(18)13(25)24-15(20-11)21-14(19)22-24/h10H,5-9H2,1-4H3,(H,20,21,22)/t10-,18-/m0/s1. The summed E-state index contributed by atoms with van der Waals surface area (Å²) in [6.45, 7) is 8.21. The summed E-state index contributed by atoms with van der Waals surface area (Å²) >= 11 is 3.27. The molecule has 1 N–H and O–H groups in total. The van der Waals surface area contributed by atoms with Crippen LogP contribution in [0.1, 0.15) is 58.2 Å². The van der Waals surface area contributed by atoms with Crippen molar-refractivity contribution in [2.75, 3.05) is 6.54 Å². The summed E-state index contributed by atoms with van der Waals surface area (Å²) in [6, 6.07) is -0.00634. The Balaban J connectivity index is 1.66. The van der Waals surface area contributed by atoms with E-state index in [1.165, 1.54) is 4.52 Å². The summed E-state index contributed by atoms with van der Waals surface area (Å²) in [6.07, 6.45) is 2.83. The number of piperidine rings is 1. The Bertz CT molecular complexity index is 976. The van der Waals surface area contributed by atoms with Gasteiger partial charge in [0, 0.05) is 23.6 Å². The van der Waals surface area contributed by atoms with Crippen LogP contribution in [0.3, 0.4) is 0 Å². The first kappa shape index (κ1) is 18.5. The largest absolute Gasteiger partial charge is 0.444 e. The first-order chi connectivity index (χ1) is 12.6. The van der Waals surface area contributed by atoms with Gasteiger partial charge in [0.2, 0.25) is 0 Å². The number of nitrogens with zero attached hydrogens (tertiary/aromatic N) is 4. The summed E-state index contributed by atoms with van der Waals surface area (Å²) in [5.41, 5.74) is 0.789. The van der Waals surface area contributed by atoms with Gasteiger partial charge in [-0.05, 0) is 69.3 Å². The molecule has 4 rings (SSSR count). The number of aromatic nitrogens is 4. The van der Waals surface area contributed by atoms with Crippen molar-refractivity contribution in [3.05, 3.63) is 26.3 Å². The van der Waals surface area contributed by atoms with Crippen molar-refractivity contribution in [2.45, 2.75) is 70.4 Å². The van der Waals surface area contributed by atoms with Crippen molar-refractivity contribution in [3.63, 3.8) is 0 Å². The first-order valence-corrected chi connectivity index (χ1v) is 10.1. The molecule has 146 valence electrons. The fourth-order valence-corrected chi connectivity index (χ4v) is 4.84. The number of amides is 1. The molecule has 2 atom stereocenters. The molecule has 1 aliphatic carbocycles. The lowest BCUT2D eigenvalue weighted by Crippen LogP contribution is -2.52. The van der Waals surface area contributed by atoms with E-state index in [-0.39, 0.29) is 23.1 Å². The number of halogens is 1. The molecule has 0 unspecified atom stereocenters. The summed E-state index contributed by atoms with van der Waals surface area (Å²) in [4.78, 5) is 36.3. The molecule has 8 nitrogen and oxygen atoms in total. The number of aryl methyl sites for hydroxylation is 1. The van der Waals surface area contributed by atoms with Crippen molar-refractivity contribution in [1.29, 1.82) is 0 Å². The fourth-order valence-electron chi connectivity index (χ4n) is 4.51. The van der Waals surface area contributed by atoms with E-state index in [2.05, 4.69) is 31.0 Å². The monoisotopic (exact) mass is 437 g/mol. The topological polar surface area (TPSA) is 92.6 Å². The van der Waals surface area contributed by atoms with Gasteiger partial charge >= 0.3 is 6.09 Å². The van der Waals surface area contributed by atoms with E-state index in [0.29, 0.717) is 17.1 Å². The van der Waals surface area contributed by atoms with E-state index in [1.54, 1.807) is 4.90 Å². The third kappa shape index (κ3) is 3.05. The van der Waals surface area contributed by atoms with Crippen LogP contribution in [0.15, 0.2) is 9.53 Å². The van der Waals surface area contributed by atoms with Crippen LogP contribution in [-0.4, -0.2) is 48.8 Å². The number of carbonyl (C=O) groups is 1. The highest BCUT2D eigenvalue weighted by Gasteiger charge is 2.48. The third-order valence-corrected chi connectivity index (χ3v) is 5.95. The van der Waals surface area contributed by atoms with Crippen LogP contribution in [0.25, 0.3) is 5.78 Å². The minimum atomic E-state index is -0.520. The Morgan fingerprint density at radius 1 is 1.33 bits per heavy atom. The van der Waals surface area contributed by atoms with Gasteiger partial charge in [-0.2, -0.15) is 9.50 Å². The van der Waals surface area contributed by atoms with Gasteiger partial charge in [-0.25, -0.2) is 9.78 Å². The van der Waals surface area contributed by atoms with Crippen molar-refractivity contribution in [1.82, 2.24) is 24.5 Å². The summed E-state index contributed by atoms with van der Waals surface area (Å²) in [5.74, 6) is 0.391. The molecule has 9 heteroatoms. The Morgan fingerprint density at radius 2 is 2.07 bits per heavy atom. The van der Waals surface area contributed by atoms with E-state index >= 15 is 0 Å². The predicted molar refractivity (Wildman–Crippen MR) is 103 cm³/mol. The molecular weight excluding hydrogens is 414 g/mol. The lowest BCUT2D eigenvalue weighted by atomic mass is 9.72. The number of hydrogen-bond acceptors (Lipinski definition) is 5. The number of carbonyl (C=O) groups excluding carboxylic acids is 1. The number of fused-ring (bicyclic) bond motifs is 3. The van der Waals surface area contributed by atoms with Crippen LogP contribution in [-0.2, 0) is 16.6 Å². The SMILES string of the molecule is C[C@H]1C[C@]2(CCc3nc4nc(Br)[nH]n4c(=O)c32)CCN1C(=O)OC(C)(C)C. The van der Waals surface area contributed by atoms with E-state index < -0.39 is 5.60 Å². The van der Waals surface area contributed by atoms with Crippen LogP contribution in [0, 0.1) is 0 Å². The van der Waals surface area contributed by atoms with E-state index in [0.717, 1.165) is 36.9 Å². The average molecular weight is 438 g/mol. The maximum atomic E-state index is 13.1. The Kier molecular flexibility index (Phi) is 4.14. The Hall–Kier alpha value is -1.90. The molecule has 0 aromatic carbocycles. The fraction of sp³-hybridized carbons (Fsp3) is 0.667. The maximum absolute atomic E-state index is 13.1. The second-order valence-electron chi connectivity index (χ2n) is 8.65. The van der Waals surface area contributed by atoms with Crippen LogP contribution in [0.4, 0.5) is 4.79 Å². The van der Waals surface area contributed by atoms with Crippen molar-refractivity contribution >= 4 is 27.8 Å². The minimum Gasteiger partial charge on any atom is -0.444 e. The number of H-pyrrole nitrogens is 1. The zero-order valence-corrected chi connectivity index (χ0v) is 17.6. The highest BCUT2D eigenvalue weighted by Crippen LogP contribution is 2.46. The number of nitrogens with one attached hydrogen (secondary N) is 1. The first-order valence-electron chi connectivity index (χ1n) is 9.27. The van der Waals surface area contributed by atoms with Crippen LogP contribution in [0.5, 0.6) is 0 Å².